The van der Waals surface area contributed by atoms with E-state index >= 15 is 0 Å². The Balaban J connectivity index is 4.04. The van der Waals surface area contributed by atoms with Crippen LogP contribution < -0.4 is 5.32 Å². The second kappa shape index (κ2) is 6.28. The average Bonchev–Trinajstić information content (AvgIpc) is 1.99. The van der Waals surface area contributed by atoms with E-state index in [0.717, 1.165) is 6.54 Å². The number of hydrogen-bond acceptors (Lipinski definition) is 5. The van der Waals surface area contributed by atoms with Crippen LogP contribution in [-0.2, 0) is 0 Å². The number of nitrogens with one attached hydrogen (secondary N) is 1. The van der Waals surface area contributed by atoms with Crippen molar-refractivity contribution in [3.8, 4) is 0 Å². The van der Waals surface area contributed by atoms with Crippen LogP contribution in [0, 0.1) is 0 Å². The first-order valence-electron chi connectivity index (χ1n) is 4.53. The van der Waals surface area contributed by atoms with Crippen LogP contribution in [0.4, 0.5) is 0 Å². The maximum atomic E-state index is 9.52. The fourth-order valence-corrected chi connectivity index (χ4v) is 1.19. The molecular weight excluding hydrogens is 172 g/mol. The molecule has 0 fully saturated rings. The third-order valence-electron chi connectivity index (χ3n) is 1.78. The van der Waals surface area contributed by atoms with Gasteiger partial charge >= 0.3 is 0 Å². The van der Waals surface area contributed by atoms with Crippen molar-refractivity contribution in [2.24, 2.45) is 0 Å². The molecule has 0 spiro atoms. The van der Waals surface area contributed by atoms with E-state index in [1.165, 1.54) is 18.7 Å². The van der Waals surface area contributed by atoms with Crippen LogP contribution in [0.25, 0.3) is 0 Å². The molecule has 0 bridgehead atoms. The normalized spacial score (nSPS) is 18.7. The van der Waals surface area contributed by atoms with Crippen LogP contribution in [0.15, 0.2) is 0 Å². The first-order valence-corrected chi connectivity index (χ1v) is 4.53. The summed E-state index contributed by atoms with van der Waals surface area (Å²) in [7, 11) is 0. The molecule has 80 valence electrons. The summed E-state index contributed by atoms with van der Waals surface area (Å²) in [6, 6.07) is 0. The lowest BCUT2D eigenvalue weighted by Crippen LogP contribution is -2.51. The summed E-state index contributed by atoms with van der Waals surface area (Å²) in [6.07, 6.45) is -2.61. The van der Waals surface area contributed by atoms with E-state index in [1.807, 2.05) is 6.92 Å². The van der Waals surface area contributed by atoms with Gasteiger partial charge in [0.1, 0.15) is 18.7 Å². The number of aliphatic hydroxyl groups is 3. The third kappa shape index (κ3) is 4.54. The molecule has 0 aliphatic rings. The second-order valence-electron chi connectivity index (χ2n) is 3.00. The highest BCUT2D eigenvalue weighted by molar-refractivity contribution is 4.65. The minimum Gasteiger partial charge on any atom is -0.379 e. The Kier molecular flexibility index (Phi) is 6.19. The van der Waals surface area contributed by atoms with Crippen molar-refractivity contribution in [1.29, 1.82) is 0 Å². The van der Waals surface area contributed by atoms with Gasteiger partial charge in [-0.15, -0.1) is 0 Å². The zero-order chi connectivity index (χ0) is 10.4. The quantitative estimate of drug-likeness (QED) is 0.402. The minimum absolute atomic E-state index is 0.326. The summed E-state index contributed by atoms with van der Waals surface area (Å²) in [5.74, 6) is 0. The molecule has 0 radical (unpaired) electrons. The van der Waals surface area contributed by atoms with E-state index in [0.29, 0.717) is 6.54 Å². The van der Waals surface area contributed by atoms with Gasteiger partial charge < -0.3 is 20.6 Å². The molecule has 5 heteroatoms. The highest BCUT2D eigenvalue weighted by atomic mass is 16.4. The molecule has 3 atom stereocenters. The highest BCUT2D eigenvalue weighted by Gasteiger charge is 2.23. The fraction of sp³-hybridized carbons (Fsp3) is 1.00. The van der Waals surface area contributed by atoms with Crippen LogP contribution >= 0.6 is 0 Å². The molecule has 0 aromatic carbocycles. The maximum Gasteiger partial charge on any atom is 0.123 e. The maximum absolute atomic E-state index is 9.52. The molecule has 3 unspecified atom stereocenters. The standard InChI is InChI=1S/C8H20N2O3/c1-4-9-5-8(13)10(6(2)11)7(3)12/h6-9,11-13H,4-5H2,1-3H3. The Morgan fingerprint density at radius 3 is 1.92 bits per heavy atom. The lowest BCUT2D eigenvalue weighted by Gasteiger charge is -2.32. The van der Waals surface area contributed by atoms with Gasteiger partial charge in [-0.3, -0.25) is 0 Å². The van der Waals surface area contributed by atoms with Gasteiger partial charge in [0.25, 0.3) is 0 Å². The summed E-state index contributed by atoms with van der Waals surface area (Å²) in [4.78, 5) is 1.21. The van der Waals surface area contributed by atoms with E-state index in [2.05, 4.69) is 5.32 Å². The molecule has 0 saturated heterocycles. The first kappa shape index (κ1) is 12.8. The van der Waals surface area contributed by atoms with Gasteiger partial charge in [0.15, 0.2) is 0 Å². The monoisotopic (exact) mass is 192 g/mol. The van der Waals surface area contributed by atoms with Crippen LogP contribution in [0.1, 0.15) is 20.8 Å². The highest BCUT2D eigenvalue weighted by Crippen LogP contribution is 2.04. The van der Waals surface area contributed by atoms with Crippen molar-refractivity contribution in [2.75, 3.05) is 13.1 Å². The third-order valence-corrected chi connectivity index (χ3v) is 1.78. The van der Waals surface area contributed by atoms with E-state index < -0.39 is 18.7 Å². The molecule has 4 N–H and O–H groups in total. The predicted octanol–water partition coefficient (Wildman–Crippen LogP) is -1.11. The lowest BCUT2D eigenvalue weighted by atomic mass is 10.3. The average molecular weight is 192 g/mol. The second-order valence-corrected chi connectivity index (χ2v) is 3.00. The molecule has 0 amide bonds. The van der Waals surface area contributed by atoms with Crippen LogP contribution in [0.2, 0.25) is 0 Å². The topological polar surface area (TPSA) is 76.0 Å². The molecule has 5 nitrogen and oxygen atoms in total. The number of rotatable bonds is 6. The smallest absolute Gasteiger partial charge is 0.123 e. The molecule has 0 aromatic rings. The largest absolute Gasteiger partial charge is 0.379 e. The Morgan fingerprint density at radius 2 is 1.62 bits per heavy atom. The fourth-order valence-electron chi connectivity index (χ4n) is 1.19. The number of likely N-dealkylation sites (N-methyl/N-ethyl adjacent to an activating group) is 1. The molecule has 0 heterocycles. The van der Waals surface area contributed by atoms with Crippen LogP contribution in [-0.4, -0.2) is 52.0 Å². The van der Waals surface area contributed by atoms with Gasteiger partial charge in [-0.1, -0.05) is 6.92 Å². The number of aliphatic hydroxyl groups excluding tert-OH is 3. The Hall–Kier alpha value is -0.200. The summed E-state index contributed by atoms with van der Waals surface area (Å²) in [5.41, 5.74) is 0. The SMILES string of the molecule is CCNCC(O)N(C(C)O)C(C)O. The number of nitrogens with zero attached hydrogens (tertiary/aromatic N) is 1. The lowest BCUT2D eigenvalue weighted by molar-refractivity contribution is -0.164. The van der Waals surface area contributed by atoms with Crippen LogP contribution in [0.3, 0.4) is 0 Å². The van der Waals surface area contributed by atoms with E-state index in [1.54, 1.807) is 0 Å². The van der Waals surface area contributed by atoms with E-state index in [9.17, 15) is 15.3 Å². The van der Waals surface area contributed by atoms with Crippen molar-refractivity contribution < 1.29 is 15.3 Å². The number of hydrogen-bond donors (Lipinski definition) is 4. The summed E-state index contributed by atoms with van der Waals surface area (Å²) >= 11 is 0. The van der Waals surface area contributed by atoms with Gasteiger partial charge in [0.2, 0.25) is 0 Å². The van der Waals surface area contributed by atoms with Gasteiger partial charge in [0, 0.05) is 6.54 Å². The Labute approximate surface area is 79.0 Å². The molecule has 0 aliphatic heterocycles. The zero-order valence-corrected chi connectivity index (χ0v) is 8.44. The molecule has 0 aromatic heterocycles. The van der Waals surface area contributed by atoms with E-state index in [-0.39, 0.29) is 0 Å². The molecule has 0 aliphatic carbocycles. The molecular formula is C8H20N2O3. The summed E-state index contributed by atoms with van der Waals surface area (Å²) in [6.45, 7) is 5.99. The van der Waals surface area contributed by atoms with Crippen LogP contribution in [0.5, 0.6) is 0 Å². The zero-order valence-electron chi connectivity index (χ0n) is 8.44. The Bertz CT molecular complexity index is 123. The van der Waals surface area contributed by atoms with Gasteiger partial charge in [-0.2, -0.15) is 0 Å². The molecule has 0 saturated carbocycles. The Morgan fingerprint density at radius 1 is 1.15 bits per heavy atom. The van der Waals surface area contributed by atoms with Crippen molar-refractivity contribution in [1.82, 2.24) is 10.2 Å². The van der Waals surface area contributed by atoms with Gasteiger partial charge in [-0.05, 0) is 20.4 Å². The molecule has 0 rings (SSSR count). The van der Waals surface area contributed by atoms with Crippen molar-refractivity contribution in [3.05, 3.63) is 0 Å². The first-order chi connectivity index (χ1) is 6.00. The van der Waals surface area contributed by atoms with E-state index in [4.69, 9.17) is 0 Å². The predicted molar refractivity (Wildman–Crippen MR) is 49.8 cm³/mol. The minimum atomic E-state index is -0.875. The van der Waals surface area contributed by atoms with Crippen molar-refractivity contribution in [3.63, 3.8) is 0 Å². The summed E-state index contributed by atoms with van der Waals surface area (Å²) in [5, 5.41) is 30.9. The molecule has 13 heavy (non-hydrogen) atoms. The summed E-state index contributed by atoms with van der Waals surface area (Å²) < 4.78 is 0. The van der Waals surface area contributed by atoms with Gasteiger partial charge in [-0.25, -0.2) is 4.90 Å². The van der Waals surface area contributed by atoms with Gasteiger partial charge in [0.05, 0.1) is 0 Å². The van der Waals surface area contributed by atoms with Crippen molar-refractivity contribution in [2.45, 2.75) is 39.5 Å². The van der Waals surface area contributed by atoms with Crippen molar-refractivity contribution >= 4 is 0 Å².